The number of hydrogen-bond donors (Lipinski definition) is 2. The van der Waals surface area contributed by atoms with Gasteiger partial charge in [0.05, 0.1) is 16.9 Å². The molecule has 1 atom stereocenters. The van der Waals surface area contributed by atoms with Crippen molar-refractivity contribution in [2.75, 3.05) is 6.54 Å². The Morgan fingerprint density at radius 1 is 1.06 bits per heavy atom. The van der Waals surface area contributed by atoms with Crippen molar-refractivity contribution in [2.24, 2.45) is 5.92 Å². The summed E-state index contributed by atoms with van der Waals surface area (Å²) < 4.78 is 44.9. The zero-order chi connectivity index (χ0) is 26.5. The standard InChI is InChI=1S/C27H28F3NO4S/c1-16(2)14-22(23-10-11-24(36-23)26(34)31-13-12-25(32)33)35-20-8-9-21(17(3)15-20)18-4-6-19(7-5-18)27(28,29)30/h4-11,15-16,22H,12-14H2,1-3H3,(H,31,34)(H,32,33). The first-order chi connectivity index (χ1) is 16.9. The maximum absolute atomic E-state index is 12.9. The van der Waals surface area contributed by atoms with Crippen LogP contribution >= 0.6 is 11.3 Å². The second-order valence-electron chi connectivity index (χ2n) is 8.89. The Labute approximate surface area is 211 Å². The van der Waals surface area contributed by atoms with Crippen LogP contribution in [0.15, 0.2) is 54.6 Å². The molecule has 1 heterocycles. The van der Waals surface area contributed by atoms with Gasteiger partial charge in [-0.05, 0) is 72.4 Å². The lowest BCUT2D eigenvalue weighted by atomic mass is 9.99. The smallest absolute Gasteiger partial charge is 0.416 e. The quantitative estimate of drug-likeness (QED) is 0.299. The SMILES string of the molecule is Cc1cc(OC(CC(C)C)c2ccc(C(=O)NCCC(=O)O)s2)ccc1-c1ccc(C(F)(F)F)cc1. The first-order valence-corrected chi connectivity index (χ1v) is 12.3. The molecule has 0 spiro atoms. The molecule has 2 aromatic carbocycles. The van der Waals surface area contributed by atoms with Crippen molar-refractivity contribution in [2.45, 2.75) is 45.9 Å². The number of carboxylic acids is 1. The van der Waals surface area contributed by atoms with Gasteiger partial charge in [-0.2, -0.15) is 13.2 Å². The average Bonchev–Trinajstić information content (AvgIpc) is 3.28. The highest BCUT2D eigenvalue weighted by atomic mass is 32.1. The summed E-state index contributed by atoms with van der Waals surface area (Å²) in [4.78, 5) is 24.3. The molecule has 0 saturated carbocycles. The summed E-state index contributed by atoms with van der Waals surface area (Å²) in [5.74, 6) is -0.369. The number of amides is 1. The molecule has 9 heteroatoms. The molecule has 0 bridgehead atoms. The zero-order valence-corrected chi connectivity index (χ0v) is 21.0. The lowest BCUT2D eigenvalue weighted by Gasteiger charge is -2.21. The van der Waals surface area contributed by atoms with Crippen LogP contribution in [0.25, 0.3) is 11.1 Å². The van der Waals surface area contributed by atoms with Gasteiger partial charge in [0.25, 0.3) is 5.91 Å². The van der Waals surface area contributed by atoms with E-state index < -0.39 is 17.7 Å². The van der Waals surface area contributed by atoms with Gasteiger partial charge in [-0.25, -0.2) is 0 Å². The highest BCUT2D eigenvalue weighted by Gasteiger charge is 2.30. The van der Waals surface area contributed by atoms with Gasteiger partial charge in [-0.15, -0.1) is 11.3 Å². The Morgan fingerprint density at radius 3 is 2.33 bits per heavy atom. The fourth-order valence-electron chi connectivity index (χ4n) is 3.70. The van der Waals surface area contributed by atoms with Gasteiger partial charge in [-0.3, -0.25) is 9.59 Å². The van der Waals surface area contributed by atoms with Crippen molar-refractivity contribution in [1.82, 2.24) is 5.32 Å². The third kappa shape index (κ3) is 7.34. The molecule has 3 rings (SSSR count). The Hall–Kier alpha value is -3.33. The van der Waals surface area contributed by atoms with Crippen LogP contribution in [0.2, 0.25) is 0 Å². The molecule has 1 amide bonds. The number of carbonyl (C=O) groups is 2. The van der Waals surface area contributed by atoms with Gasteiger partial charge in [0.1, 0.15) is 11.9 Å². The normalized spacial score (nSPS) is 12.4. The van der Waals surface area contributed by atoms with Crippen molar-refractivity contribution < 1.29 is 32.6 Å². The van der Waals surface area contributed by atoms with E-state index in [1.807, 2.05) is 25.1 Å². The molecular weight excluding hydrogens is 491 g/mol. The zero-order valence-electron chi connectivity index (χ0n) is 20.2. The van der Waals surface area contributed by atoms with Crippen molar-refractivity contribution in [3.63, 3.8) is 0 Å². The topological polar surface area (TPSA) is 75.6 Å². The Balaban J connectivity index is 1.76. The lowest BCUT2D eigenvalue weighted by Crippen LogP contribution is -2.25. The predicted molar refractivity (Wildman–Crippen MR) is 133 cm³/mol. The lowest BCUT2D eigenvalue weighted by molar-refractivity contribution is -0.138. The minimum absolute atomic E-state index is 0.0535. The number of aliphatic carboxylic acids is 1. The van der Waals surface area contributed by atoms with Crippen molar-refractivity contribution in [1.29, 1.82) is 0 Å². The van der Waals surface area contributed by atoms with Crippen LogP contribution in [0.5, 0.6) is 5.75 Å². The van der Waals surface area contributed by atoms with Gasteiger partial charge in [0, 0.05) is 11.4 Å². The number of rotatable bonds is 10. The van der Waals surface area contributed by atoms with Gasteiger partial charge in [-0.1, -0.05) is 32.0 Å². The minimum atomic E-state index is -4.38. The molecule has 5 nitrogen and oxygen atoms in total. The number of benzene rings is 2. The maximum atomic E-state index is 12.9. The predicted octanol–water partition coefficient (Wildman–Crippen LogP) is 7.11. The summed E-state index contributed by atoms with van der Waals surface area (Å²) in [6, 6.07) is 14.1. The third-order valence-electron chi connectivity index (χ3n) is 5.48. The molecule has 0 aliphatic carbocycles. The van der Waals surface area contributed by atoms with Gasteiger partial charge < -0.3 is 15.2 Å². The Bertz CT molecular complexity index is 1200. The van der Waals surface area contributed by atoms with E-state index in [0.29, 0.717) is 28.5 Å². The molecule has 1 unspecified atom stereocenters. The summed E-state index contributed by atoms with van der Waals surface area (Å²) in [5, 5.41) is 11.3. The van der Waals surface area contributed by atoms with Crippen molar-refractivity contribution in [3.8, 4) is 16.9 Å². The van der Waals surface area contributed by atoms with Crippen LogP contribution in [0, 0.1) is 12.8 Å². The molecule has 192 valence electrons. The number of halogens is 3. The second-order valence-corrected chi connectivity index (χ2v) is 10.0. The number of hydrogen-bond acceptors (Lipinski definition) is 4. The summed E-state index contributed by atoms with van der Waals surface area (Å²) in [6.07, 6.45) is -4.12. The van der Waals surface area contributed by atoms with Crippen LogP contribution in [0.3, 0.4) is 0 Å². The van der Waals surface area contributed by atoms with E-state index in [1.165, 1.54) is 23.5 Å². The van der Waals surface area contributed by atoms with Crippen LogP contribution in [0.1, 0.15) is 58.5 Å². The van der Waals surface area contributed by atoms with E-state index >= 15 is 0 Å². The van der Waals surface area contributed by atoms with E-state index in [4.69, 9.17) is 9.84 Å². The van der Waals surface area contributed by atoms with Gasteiger partial charge >= 0.3 is 12.1 Å². The first-order valence-electron chi connectivity index (χ1n) is 11.5. The molecule has 0 aliphatic heterocycles. The Morgan fingerprint density at radius 2 is 1.75 bits per heavy atom. The molecule has 3 aromatic rings. The molecular formula is C27H28F3NO4S. The molecule has 0 fully saturated rings. The summed E-state index contributed by atoms with van der Waals surface area (Å²) in [7, 11) is 0. The largest absolute Gasteiger partial charge is 0.485 e. The van der Waals surface area contributed by atoms with Gasteiger partial charge in [0.2, 0.25) is 0 Å². The van der Waals surface area contributed by atoms with E-state index in [2.05, 4.69) is 19.2 Å². The Kier molecular flexibility index (Phi) is 8.79. The maximum Gasteiger partial charge on any atom is 0.416 e. The number of ether oxygens (including phenoxy) is 1. The molecule has 2 N–H and O–H groups in total. The van der Waals surface area contributed by atoms with Crippen molar-refractivity contribution >= 4 is 23.2 Å². The van der Waals surface area contributed by atoms with Crippen LogP contribution < -0.4 is 10.1 Å². The first kappa shape index (κ1) is 27.3. The molecule has 0 saturated heterocycles. The average molecular weight is 520 g/mol. The molecule has 1 aromatic heterocycles. The second kappa shape index (κ2) is 11.6. The summed E-state index contributed by atoms with van der Waals surface area (Å²) in [5.41, 5.74) is 1.67. The molecule has 36 heavy (non-hydrogen) atoms. The third-order valence-corrected chi connectivity index (χ3v) is 6.65. The molecule has 0 radical (unpaired) electrons. The van der Waals surface area contributed by atoms with Crippen molar-refractivity contribution in [3.05, 3.63) is 75.5 Å². The van der Waals surface area contributed by atoms with E-state index in [9.17, 15) is 22.8 Å². The number of aryl methyl sites for hydroxylation is 1. The molecule has 0 aliphatic rings. The van der Waals surface area contributed by atoms with E-state index in [0.717, 1.165) is 28.1 Å². The van der Waals surface area contributed by atoms with Crippen LogP contribution in [-0.4, -0.2) is 23.5 Å². The number of carbonyl (C=O) groups excluding carboxylic acids is 1. The van der Waals surface area contributed by atoms with E-state index in [1.54, 1.807) is 12.1 Å². The highest BCUT2D eigenvalue weighted by molar-refractivity contribution is 7.14. The van der Waals surface area contributed by atoms with E-state index in [-0.39, 0.29) is 25.0 Å². The fraction of sp³-hybridized carbons (Fsp3) is 0.333. The number of carboxylic acid groups (broad SMARTS) is 1. The fourth-order valence-corrected chi connectivity index (χ4v) is 4.67. The minimum Gasteiger partial charge on any atom is -0.485 e. The highest BCUT2D eigenvalue weighted by Crippen LogP contribution is 2.35. The summed E-state index contributed by atoms with van der Waals surface area (Å²) >= 11 is 1.30. The van der Waals surface area contributed by atoms with Crippen LogP contribution in [-0.2, 0) is 11.0 Å². The monoisotopic (exact) mass is 519 g/mol. The number of alkyl halides is 3. The van der Waals surface area contributed by atoms with Gasteiger partial charge in [0.15, 0.2) is 0 Å². The number of nitrogens with one attached hydrogen (secondary N) is 1. The summed E-state index contributed by atoms with van der Waals surface area (Å²) in [6.45, 7) is 6.07. The van der Waals surface area contributed by atoms with Crippen LogP contribution in [0.4, 0.5) is 13.2 Å². The number of thiophene rings is 1.